The van der Waals surface area contributed by atoms with Gasteiger partial charge in [0, 0.05) is 24.7 Å². The summed E-state index contributed by atoms with van der Waals surface area (Å²) in [7, 11) is 0. The minimum absolute atomic E-state index is 0.0876. The lowest BCUT2D eigenvalue weighted by molar-refractivity contribution is 0.0741. The monoisotopic (exact) mass is 456 g/mol. The molecule has 0 radical (unpaired) electrons. The van der Waals surface area contributed by atoms with Crippen molar-refractivity contribution in [3.8, 4) is 17.5 Å². The van der Waals surface area contributed by atoms with Crippen LogP contribution < -0.4 is 9.47 Å². The number of hydrogen-bond acceptors (Lipinski definition) is 7. The average molecular weight is 457 g/mol. The van der Waals surface area contributed by atoms with Crippen molar-refractivity contribution in [3.05, 3.63) is 35.9 Å². The molecule has 1 aliphatic rings. The van der Waals surface area contributed by atoms with Crippen molar-refractivity contribution < 1.29 is 19.0 Å². The summed E-state index contributed by atoms with van der Waals surface area (Å²) >= 11 is 0. The number of aryl methyl sites for hydroxylation is 1. The number of pyridine rings is 1. The van der Waals surface area contributed by atoms with Gasteiger partial charge >= 0.3 is 6.09 Å². The van der Waals surface area contributed by atoms with E-state index < -0.39 is 0 Å². The fraction of sp³-hybridized carbons (Fsp3) is 0.600. The Hall–Kier alpha value is -2.90. The summed E-state index contributed by atoms with van der Waals surface area (Å²) in [5, 5.41) is 0. The van der Waals surface area contributed by atoms with Crippen LogP contribution in [0.25, 0.3) is 0 Å². The van der Waals surface area contributed by atoms with Crippen LogP contribution in [0.4, 0.5) is 4.79 Å². The van der Waals surface area contributed by atoms with Crippen molar-refractivity contribution in [2.75, 3.05) is 6.61 Å². The van der Waals surface area contributed by atoms with E-state index in [1.807, 2.05) is 37.8 Å². The molecule has 1 fully saturated rings. The van der Waals surface area contributed by atoms with Crippen LogP contribution in [0.3, 0.4) is 0 Å². The molecular weight excluding hydrogens is 420 g/mol. The molecule has 2 unspecified atom stereocenters. The van der Waals surface area contributed by atoms with Gasteiger partial charge in [0.15, 0.2) is 5.75 Å². The van der Waals surface area contributed by atoms with Crippen molar-refractivity contribution in [1.29, 1.82) is 0 Å². The molecule has 0 saturated carbocycles. The third-order valence-electron chi connectivity index (χ3n) is 6.04. The maximum absolute atomic E-state index is 12.7. The summed E-state index contributed by atoms with van der Waals surface area (Å²) in [4.78, 5) is 27.4. The molecule has 1 amide bonds. The molecule has 1 saturated heterocycles. The second kappa shape index (κ2) is 11.8. The Morgan fingerprint density at radius 1 is 1.18 bits per heavy atom. The number of nitrogens with zero attached hydrogens (tertiary/aromatic N) is 4. The van der Waals surface area contributed by atoms with Crippen LogP contribution in [0.15, 0.2) is 24.7 Å². The average Bonchev–Trinajstić information content (AvgIpc) is 3.15. The van der Waals surface area contributed by atoms with Crippen molar-refractivity contribution in [2.45, 2.75) is 91.3 Å². The molecule has 180 valence electrons. The van der Waals surface area contributed by atoms with E-state index in [1.165, 1.54) is 6.33 Å². The van der Waals surface area contributed by atoms with Crippen LogP contribution in [0.2, 0.25) is 0 Å². The quantitative estimate of drug-likeness (QED) is 0.429. The van der Waals surface area contributed by atoms with Crippen molar-refractivity contribution in [1.82, 2.24) is 19.9 Å². The van der Waals surface area contributed by atoms with E-state index in [0.717, 1.165) is 43.4 Å². The van der Waals surface area contributed by atoms with Crippen LogP contribution in [0.1, 0.15) is 70.6 Å². The lowest BCUT2D eigenvalue weighted by atomic mass is 10.1. The Bertz CT molecular complexity index is 923. The van der Waals surface area contributed by atoms with E-state index in [2.05, 4.69) is 28.8 Å². The minimum Gasteiger partial charge on any atom is -0.474 e. The SMILES string of the molecule is CCCCCOC(=O)N1C(C)CCC1C[C@H](C)Oc1ncnc(Oc2cccnc2C)c1C. The third-order valence-corrected chi connectivity index (χ3v) is 6.04. The van der Waals surface area contributed by atoms with Crippen LogP contribution in [-0.4, -0.2) is 50.7 Å². The first-order valence-electron chi connectivity index (χ1n) is 11.9. The van der Waals surface area contributed by atoms with Gasteiger partial charge in [-0.2, -0.15) is 0 Å². The lowest BCUT2D eigenvalue weighted by Crippen LogP contribution is -2.42. The van der Waals surface area contributed by atoms with E-state index in [-0.39, 0.29) is 24.3 Å². The van der Waals surface area contributed by atoms with Gasteiger partial charge in [0.05, 0.1) is 24.0 Å². The van der Waals surface area contributed by atoms with Gasteiger partial charge in [-0.3, -0.25) is 4.98 Å². The van der Waals surface area contributed by atoms with E-state index in [4.69, 9.17) is 14.2 Å². The fourth-order valence-corrected chi connectivity index (χ4v) is 4.16. The van der Waals surface area contributed by atoms with E-state index in [9.17, 15) is 4.79 Å². The molecule has 0 aromatic carbocycles. The zero-order chi connectivity index (χ0) is 23.8. The number of hydrogen-bond donors (Lipinski definition) is 0. The summed E-state index contributed by atoms with van der Waals surface area (Å²) < 4.78 is 17.7. The Labute approximate surface area is 196 Å². The molecule has 0 spiro atoms. The predicted molar refractivity (Wildman–Crippen MR) is 126 cm³/mol. The zero-order valence-corrected chi connectivity index (χ0v) is 20.4. The van der Waals surface area contributed by atoms with Crippen LogP contribution in [0.5, 0.6) is 17.5 Å². The first-order chi connectivity index (χ1) is 15.9. The molecule has 0 aliphatic carbocycles. The number of amides is 1. The van der Waals surface area contributed by atoms with Crippen LogP contribution in [-0.2, 0) is 4.74 Å². The molecule has 3 heterocycles. The number of aromatic nitrogens is 3. The summed E-state index contributed by atoms with van der Waals surface area (Å²) in [5.41, 5.74) is 1.50. The maximum Gasteiger partial charge on any atom is 0.410 e. The lowest BCUT2D eigenvalue weighted by Gasteiger charge is -2.29. The number of rotatable bonds is 10. The van der Waals surface area contributed by atoms with Gasteiger partial charge in [-0.1, -0.05) is 19.8 Å². The summed E-state index contributed by atoms with van der Waals surface area (Å²) in [6, 6.07) is 3.93. The Morgan fingerprint density at radius 3 is 2.73 bits per heavy atom. The molecule has 33 heavy (non-hydrogen) atoms. The van der Waals surface area contributed by atoms with Gasteiger partial charge in [-0.05, 0) is 59.1 Å². The summed E-state index contributed by atoms with van der Waals surface area (Å²) in [6.45, 7) is 10.5. The van der Waals surface area contributed by atoms with E-state index in [0.29, 0.717) is 30.5 Å². The number of unbranched alkanes of at least 4 members (excludes halogenated alkanes) is 2. The predicted octanol–water partition coefficient (Wildman–Crippen LogP) is 5.62. The van der Waals surface area contributed by atoms with Gasteiger partial charge in [0.2, 0.25) is 11.8 Å². The Balaban J connectivity index is 1.61. The molecule has 0 bridgehead atoms. The Kier molecular flexibility index (Phi) is 8.86. The number of likely N-dealkylation sites (tertiary alicyclic amines) is 1. The summed E-state index contributed by atoms with van der Waals surface area (Å²) in [6.07, 6.45) is 8.50. The molecular formula is C25H36N4O4. The second-order valence-electron chi connectivity index (χ2n) is 8.77. The van der Waals surface area contributed by atoms with Crippen molar-refractivity contribution in [2.24, 2.45) is 0 Å². The molecule has 2 aromatic heterocycles. The fourth-order valence-electron chi connectivity index (χ4n) is 4.16. The Morgan fingerprint density at radius 2 is 1.97 bits per heavy atom. The molecule has 3 atom stereocenters. The van der Waals surface area contributed by atoms with E-state index >= 15 is 0 Å². The largest absolute Gasteiger partial charge is 0.474 e. The standard InChI is InChI=1S/C25H36N4O4/c1-6-7-8-14-31-25(30)29-17(2)11-12-21(29)15-18(3)32-23-19(4)24(28-16-27-23)33-22-10-9-13-26-20(22)5/h9-10,13,16-18,21H,6-8,11-12,14-15H2,1-5H3/t17?,18-,21?/m0/s1. The highest BCUT2D eigenvalue weighted by atomic mass is 16.6. The molecule has 3 rings (SSSR count). The molecule has 2 aromatic rings. The highest BCUT2D eigenvalue weighted by Gasteiger charge is 2.36. The number of carbonyl (C=O) groups excluding carboxylic acids is 1. The highest BCUT2D eigenvalue weighted by molar-refractivity contribution is 5.68. The number of ether oxygens (including phenoxy) is 3. The summed E-state index contributed by atoms with van der Waals surface area (Å²) in [5.74, 6) is 1.56. The van der Waals surface area contributed by atoms with Gasteiger partial charge < -0.3 is 19.1 Å². The molecule has 1 aliphatic heterocycles. The van der Waals surface area contributed by atoms with E-state index in [1.54, 1.807) is 6.20 Å². The first-order valence-corrected chi connectivity index (χ1v) is 11.9. The van der Waals surface area contributed by atoms with Crippen molar-refractivity contribution in [3.63, 3.8) is 0 Å². The van der Waals surface area contributed by atoms with Gasteiger partial charge in [0.1, 0.15) is 6.33 Å². The number of carbonyl (C=O) groups is 1. The smallest absolute Gasteiger partial charge is 0.410 e. The van der Waals surface area contributed by atoms with Gasteiger partial charge in [0.25, 0.3) is 0 Å². The zero-order valence-electron chi connectivity index (χ0n) is 20.4. The molecule has 0 N–H and O–H groups in total. The topological polar surface area (TPSA) is 86.7 Å². The van der Waals surface area contributed by atoms with Crippen molar-refractivity contribution >= 4 is 6.09 Å². The third kappa shape index (κ3) is 6.55. The van der Waals surface area contributed by atoms with Crippen LogP contribution in [0, 0.1) is 13.8 Å². The first kappa shape index (κ1) is 24.7. The highest BCUT2D eigenvalue weighted by Crippen LogP contribution is 2.31. The maximum atomic E-state index is 12.7. The second-order valence-corrected chi connectivity index (χ2v) is 8.77. The normalized spacial score (nSPS) is 18.8. The van der Waals surface area contributed by atoms with Crippen LogP contribution >= 0.6 is 0 Å². The minimum atomic E-state index is -0.214. The van der Waals surface area contributed by atoms with Gasteiger partial charge in [-0.15, -0.1) is 0 Å². The molecule has 8 heteroatoms. The molecule has 8 nitrogen and oxygen atoms in total. The van der Waals surface area contributed by atoms with Gasteiger partial charge in [-0.25, -0.2) is 14.8 Å².